The number of benzene rings is 1. The van der Waals surface area contributed by atoms with E-state index in [1.807, 2.05) is 30.3 Å². The van der Waals surface area contributed by atoms with Gasteiger partial charge in [-0.05, 0) is 18.6 Å². The van der Waals surface area contributed by atoms with E-state index in [2.05, 4.69) is 10.3 Å². The lowest BCUT2D eigenvalue weighted by Gasteiger charge is -2.22. The molecule has 1 aliphatic rings. The van der Waals surface area contributed by atoms with Gasteiger partial charge in [0.1, 0.15) is 5.82 Å². The van der Waals surface area contributed by atoms with E-state index >= 15 is 0 Å². The summed E-state index contributed by atoms with van der Waals surface area (Å²) in [5.41, 5.74) is 7.44. The van der Waals surface area contributed by atoms with Crippen molar-refractivity contribution < 1.29 is 9.59 Å². The molecule has 1 saturated heterocycles. The minimum atomic E-state index is -0.394. The van der Waals surface area contributed by atoms with Crippen LogP contribution in [0.15, 0.2) is 30.3 Å². The topological polar surface area (TPSA) is 85.1 Å². The predicted octanol–water partition coefficient (Wildman–Crippen LogP) is 1.34. The number of nitrogens with zero attached hydrogens (tertiary/aromatic N) is 1. The second-order valence-corrected chi connectivity index (χ2v) is 4.66. The number of amides is 2. The molecule has 96 valence electrons. The van der Waals surface area contributed by atoms with Gasteiger partial charge in [0, 0.05) is 17.4 Å². The van der Waals surface area contributed by atoms with Crippen LogP contribution in [0, 0.1) is 0 Å². The Morgan fingerprint density at radius 2 is 2.05 bits per heavy atom. The molecule has 0 aliphatic carbocycles. The lowest BCUT2D eigenvalue weighted by Crippen LogP contribution is -2.39. The lowest BCUT2D eigenvalue weighted by molar-refractivity contribution is -0.134. The molecule has 3 N–H and O–H groups in total. The third-order valence-corrected chi connectivity index (χ3v) is 3.40. The molecule has 3 rings (SSSR count). The summed E-state index contributed by atoms with van der Waals surface area (Å²) in [6.07, 6.45) is 0.817. The van der Waals surface area contributed by atoms with Crippen molar-refractivity contribution >= 4 is 28.5 Å². The van der Waals surface area contributed by atoms with E-state index < -0.39 is 5.92 Å². The Labute approximate surface area is 109 Å². The highest BCUT2D eigenvalue weighted by Gasteiger charge is 2.29. The molecule has 2 heterocycles. The van der Waals surface area contributed by atoms with Crippen molar-refractivity contribution in [3.63, 3.8) is 0 Å². The molecular formula is C14H13N3O2. The van der Waals surface area contributed by atoms with E-state index in [-0.39, 0.29) is 11.8 Å². The van der Waals surface area contributed by atoms with Crippen molar-refractivity contribution in [1.29, 1.82) is 0 Å². The molecule has 1 unspecified atom stereocenters. The van der Waals surface area contributed by atoms with Gasteiger partial charge in [-0.15, -0.1) is 0 Å². The average molecular weight is 255 g/mol. The second kappa shape index (κ2) is 4.35. The quantitative estimate of drug-likeness (QED) is 0.753. The monoisotopic (exact) mass is 255 g/mol. The summed E-state index contributed by atoms with van der Waals surface area (Å²) in [7, 11) is 0. The third kappa shape index (κ3) is 2.03. The first-order chi connectivity index (χ1) is 9.15. The molecule has 1 fully saturated rings. The Kier molecular flexibility index (Phi) is 2.67. The van der Waals surface area contributed by atoms with Crippen LogP contribution >= 0.6 is 0 Å². The van der Waals surface area contributed by atoms with Gasteiger partial charge in [-0.1, -0.05) is 18.2 Å². The van der Waals surface area contributed by atoms with Gasteiger partial charge in [0.2, 0.25) is 11.8 Å². The Balaban J connectivity index is 2.07. The second-order valence-electron chi connectivity index (χ2n) is 4.66. The largest absolute Gasteiger partial charge is 0.383 e. The fraction of sp³-hybridized carbons (Fsp3) is 0.214. The minimum absolute atomic E-state index is 0.228. The smallest absolute Gasteiger partial charge is 0.234 e. The molecule has 2 aromatic rings. The molecule has 0 radical (unpaired) electrons. The first-order valence-corrected chi connectivity index (χ1v) is 6.14. The van der Waals surface area contributed by atoms with Crippen LogP contribution in [0.3, 0.4) is 0 Å². The highest BCUT2D eigenvalue weighted by molar-refractivity contribution is 6.01. The normalized spacial score (nSPS) is 19.5. The summed E-state index contributed by atoms with van der Waals surface area (Å²) in [5, 5.41) is 3.28. The van der Waals surface area contributed by atoms with E-state index in [1.54, 1.807) is 0 Å². The van der Waals surface area contributed by atoms with Gasteiger partial charge in [0.25, 0.3) is 0 Å². The third-order valence-electron chi connectivity index (χ3n) is 3.40. The zero-order chi connectivity index (χ0) is 13.4. The van der Waals surface area contributed by atoms with E-state index in [0.717, 1.165) is 10.9 Å². The standard InChI is InChI=1S/C14H13N3O2/c15-13-10(9-5-6-12(18)17-14(9)19)7-8-3-1-2-4-11(8)16-13/h1-4,7,9H,5-6H2,(H2,15,16)(H,17,18,19). The summed E-state index contributed by atoms with van der Waals surface area (Å²) < 4.78 is 0. The van der Waals surface area contributed by atoms with Crippen LogP contribution in [0.25, 0.3) is 10.9 Å². The molecular weight excluding hydrogens is 242 g/mol. The Morgan fingerprint density at radius 3 is 2.84 bits per heavy atom. The molecule has 0 bridgehead atoms. The molecule has 19 heavy (non-hydrogen) atoms. The maximum absolute atomic E-state index is 11.9. The van der Waals surface area contributed by atoms with Crippen LogP contribution < -0.4 is 11.1 Å². The highest BCUT2D eigenvalue weighted by atomic mass is 16.2. The van der Waals surface area contributed by atoms with Crippen LogP contribution in [0.5, 0.6) is 0 Å². The first-order valence-electron chi connectivity index (χ1n) is 6.14. The summed E-state index contributed by atoms with van der Waals surface area (Å²) in [6, 6.07) is 9.49. The van der Waals surface area contributed by atoms with E-state index in [9.17, 15) is 9.59 Å². The highest BCUT2D eigenvalue weighted by Crippen LogP contribution is 2.30. The van der Waals surface area contributed by atoms with Crippen molar-refractivity contribution in [2.24, 2.45) is 0 Å². The first kappa shape index (κ1) is 11.6. The number of carbonyl (C=O) groups excluding carboxylic acids is 2. The number of imide groups is 1. The summed E-state index contributed by atoms with van der Waals surface area (Å²) >= 11 is 0. The number of rotatable bonds is 1. The lowest BCUT2D eigenvalue weighted by atomic mass is 9.90. The molecule has 0 spiro atoms. The van der Waals surface area contributed by atoms with E-state index in [1.165, 1.54) is 0 Å². The van der Waals surface area contributed by atoms with Gasteiger partial charge < -0.3 is 5.73 Å². The van der Waals surface area contributed by atoms with E-state index in [0.29, 0.717) is 24.2 Å². The van der Waals surface area contributed by atoms with Crippen molar-refractivity contribution in [3.8, 4) is 0 Å². The number of nitrogen functional groups attached to an aromatic ring is 1. The van der Waals surface area contributed by atoms with Crippen LogP contribution in [0.4, 0.5) is 5.82 Å². The molecule has 5 heteroatoms. The van der Waals surface area contributed by atoms with Gasteiger partial charge >= 0.3 is 0 Å². The van der Waals surface area contributed by atoms with Crippen LogP contribution in [0.2, 0.25) is 0 Å². The van der Waals surface area contributed by atoms with Crippen LogP contribution in [-0.2, 0) is 9.59 Å². The maximum atomic E-state index is 11.9. The van der Waals surface area contributed by atoms with Crippen molar-refractivity contribution in [2.45, 2.75) is 18.8 Å². The summed E-state index contributed by atoms with van der Waals surface area (Å²) in [5.74, 6) is -0.559. The average Bonchev–Trinajstić information content (AvgIpc) is 2.38. The number of anilines is 1. The number of pyridine rings is 1. The molecule has 5 nitrogen and oxygen atoms in total. The van der Waals surface area contributed by atoms with Gasteiger partial charge in [-0.2, -0.15) is 0 Å². The number of aromatic nitrogens is 1. The molecule has 1 atom stereocenters. The summed E-state index contributed by atoms with van der Waals surface area (Å²) in [4.78, 5) is 27.4. The number of nitrogens with two attached hydrogens (primary N) is 1. The maximum Gasteiger partial charge on any atom is 0.234 e. The van der Waals surface area contributed by atoms with E-state index in [4.69, 9.17) is 5.73 Å². The van der Waals surface area contributed by atoms with Gasteiger partial charge in [-0.3, -0.25) is 14.9 Å². The number of nitrogens with one attached hydrogen (secondary N) is 1. The molecule has 1 aromatic carbocycles. The van der Waals surface area contributed by atoms with Crippen molar-refractivity contribution in [3.05, 3.63) is 35.9 Å². The van der Waals surface area contributed by atoms with Crippen LogP contribution in [-0.4, -0.2) is 16.8 Å². The fourth-order valence-electron chi connectivity index (χ4n) is 2.42. The summed E-state index contributed by atoms with van der Waals surface area (Å²) in [6.45, 7) is 0. The number of hydrogen-bond acceptors (Lipinski definition) is 4. The molecule has 2 amide bonds. The number of piperidine rings is 1. The number of para-hydroxylation sites is 1. The van der Waals surface area contributed by atoms with Crippen LogP contribution in [0.1, 0.15) is 24.3 Å². The SMILES string of the molecule is Nc1nc2ccccc2cc1C1CCC(=O)NC1=O. The van der Waals surface area contributed by atoms with Gasteiger partial charge in [0.05, 0.1) is 11.4 Å². The number of fused-ring (bicyclic) bond motifs is 1. The van der Waals surface area contributed by atoms with Gasteiger partial charge in [0.15, 0.2) is 0 Å². The Morgan fingerprint density at radius 1 is 1.26 bits per heavy atom. The zero-order valence-electron chi connectivity index (χ0n) is 10.2. The van der Waals surface area contributed by atoms with Gasteiger partial charge in [-0.25, -0.2) is 4.98 Å². The number of carbonyl (C=O) groups is 2. The molecule has 0 saturated carbocycles. The molecule has 1 aliphatic heterocycles. The fourth-order valence-corrected chi connectivity index (χ4v) is 2.42. The minimum Gasteiger partial charge on any atom is -0.383 e. The Bertz CT molecular complexity index is 681. The predicted molar refractivity (Wildman–Crippen MR) is 71.3 cm³/mol. The van der Waals surface area contributed by atoms with Crippen molar-refractivity contribution in [1.82, 2.24) is 10.3 Å². The zero-order valence-corrected chi connectivity index (χ0v) is 10.2. The molecule has 1 aromatic heterocycles. The van der Waals surface area contributed by atoms with Crippen molar-refractivity contribution in [2.75, 3.05) is 5.73 Å². The number of hydrogen-bond donors (Lipinski definition) is 2. The Hall–Kier alpha value is -2.43.